The number of methoxy groups -OCH3 is 4. The number of benzene rings is 4. The molecule has 0 amide bonds. The van der Waals surface area contributed by atoms with Gasteiger partial charge in [-0.15, -0.1) is 0 Å². The summed E-state index contributed by atoms with van der Waals surface area (Å²) in [7, 11) is 1.57. The lowest BCUT2D eigenvalue weighted by Crippen LogP contribution is -2.44. The van der Waals surface area contributed by atoms with Crippen LogP contribution in [0, 0.1) is 0 Å². The van der Waals surface area contributed by atoms with Crippen LogP contribution in [0.5, 0.6) is 28.7 Å². The molecule has 4 aromatic rings. The molecule has 2 atom stereocenters. The Morgan fingerprint density at radius 1 is 0.864 bits per heavy atom. The van der Waals surface area contributed by atoms with Crippen LogP contribution >= 0.6 is 12.6 Å². The lowest BCUT2D eigenvalue weighted by Gasteiger charge is -2.40. The largest absolute Gasteiger partial charge is 0.507 e. The number of carboxylic acid groups (broad SMARTS) is 1. The van der Waals surface area contributed by atoms with Gasteiger partial charge >= 0.3 is 5.97 Å². The number of hydrogen-bond acceptors (Lipinski definition) is 10. The number of hydrogen-bond donors (Lipinski definition) is 4. The van der Waals surface area contributed by atoms with Gasteiger partial charge in [-0.1, -0.05) is 0 Å². The summed E-state index contributed by atoms with van der Waals surface area (Å²) in [6.45, 7) is 0.805. The third-order valence-corrected chi connectivity index (χ3v) is 10.3. The van der Waals surface area contributed by atoms with Gasteiger partial charge < -0.3 is 29.2 Å². The number of carboxylic acids is 1. The van der Waals surface area contributed by atoms with Crippen molar-refractivity contribution in [3.63, 3.8) is 0 Å². The van der Waals surface area contributed by atoms with Gasteiger partial charge in [0.25, 0.3) is 10.1 Å². The number of fused-ring (bicyclic) bond motifs is 7. The molecule has 11 nitrogen and oxygen atoms in total. The van der Waals surface area contributed by atoms with E-state index in [9.17, 15) is 28.0 Å². The molecule has 0 bridgehead atoms. The number of aromatic carboxylic acids is 1. The highest BCUT2D eigenvalue weighted by molar-refractivity contribution is 7.85. The van der Waals surface area contributed by atoms with E-state index < -0.39 is 43.1 Å². The molecule has 2 unspecified atom stereocenters. The molecule has 4 aromatic carbocycles. The van der Waals surface area contributed by atoms with Crippen LogP contribution in [0.2, 0.25) is 0 Å². The Balaban J connectivity index is 1.55. The van der Waals surface area contributed by atoms with Crippen molar-refractivity contribution < 1.29 is 46.9 Å². The van der Waals surface area contributed by atoms with E-state index in [4.69, 9.17) is 31.6 Å². The van der Waals surface area contributed by atoms with Crippen LogP contribution in [0.1, 0.15) is 39.4 Å². The minimum atomic E-state index is -4.74. The summed E-state index contributed by atoms with van der Waals surface area (Å²) in [6.07, 6.45) is 0.846. The first kappa shape index (κ1) is 30.1. The van der Waals surface area contributed by atoms with Gasteiger partial charge in [0, 0.05) is 31.0 Å². The first-order valence-corrected chi connectivity index (χ1v) is 15.5. The standard InChI is InChI=1S/C31H31NO10S2/c1-39-25-7-18-19-8-26(40-2)28(42-4)10-21(19)24-14-32-13-15(11-31(32,43)12-23(24)20(18)9-27(25)41-3)17-5-16(44(36,37)38)6-22(29(17)33)30(34)35/h5-10,15,33,43H,11-14H2,1-4H3,(H,34,35)(H,36,37,38). The van der Waals surface area contributed by atoms with E-state index >= 15 is 0 Å². The number of phenols is 1. The molecule has 2 heterocycles. The van der Waals surface area contributed by atoms with Crippen molar-refractivity contribution in [1.29, 1.82) is 0 Å². The Morgan fingerprint density at radius 3 is 1.84 bits per heavy atom. The molecule has 0 aliphatic carbocycles. The summed E-state index contributed by atoms with van der Waals surface area (Å²) in [5.74, 6) is -0.257. The summed E-state index contributed by atoms with van der Waals surface area (Å²) in [6, 6.07) is 9.66. The van der Waals surface area contributed by atoms with E-state index in [1.165, 1.54) is 0 Å². The molecule has 3 N–H and O–H groups in total. The topological polar surface area (TPSA) is 152 Å². The van der Waals surface area contributed by atoms with Crippen LogP contribution in [-0.4, -0.2) is 73.9 Å². The molecule has 6 rings (SSSR count). The van der Waals surface area contributed by atoms with Crippen molar-refractivity contribution in [2.24, 2.45) is 0 Å². The number of thiol groups is 1. The number of aromatic hydroxyl groups is 1. The normalized spacial score (nSPS) is 19.9. The minimum Gasteiger partial charge on any atom is -0.507 e. The fraction of sp³-hybridized carbons (Fsp3) is 0.323. The highest BCUT2D eigenvalue weighted by Gasteiger charge is 2.48. The second kappa shape index (κ2) is 10.6. The van der Waals surface area contributed by atoms with E-state index in [1.807, 2.05) is 24.3 Å². The van der Waals surface area contributed by atoms with Gasteiger partial charge in [0.2, 0.25) is 0 Å². The van der Waals surface area contributed by atoms with Gasteiger partial charge in [-0.2, -0.15) is 21.0 Å². The van der Waals surface area contributed by atoms with Gasteiger partial charge in [0.05, 0.1) is 38.2 Å². The minimum absolute atomic E-state index is 0.122. The molecule has 13 heteroatoms. The third-order valence-electron chi connectivity index (χ3n) is 8.84. The molecule has 1 saturated heterocycles. The average Bonchev–Trinajstić information content (AvgIpc) is 3.33. The van der Waals surface area contributed by atoms with Crippen LogP contribution in [0.4, 0.5) is 0 Å². The summed E-state index contributed by atoms with van der Waals surface area (Å²) in [4.78, 5) is 12.7. The van der Waals surface area contributed by atoms with Crippen molar-refractivity contribution in [1.82, 2.24) is 4.90 Å². The Morgan fingerprint density at radius 2 is 1.36 bits per heavy atom. The first-order valence-electron chi connectivity index (χ1n) is 13.6. The molecule has 232 valence electrons. The highest BCUT2D eigenvalue weighted by atomic mass is 32.2. The lowest BCUT2D eigenvalue weighted by molar-refractivity contribution is 0.0693. The number of carbonyl (C=O) groups is 1. The second-order valence-electron chi connectivity index (χ2n) is 11.1. The summed E-state index contributed by atoms with van der Waals surface area (Å²) in [5.41, 5.74) is 1.59. The maximum atomic E-state index is 12.0. The SMILES string of the molecule is COc1cc2c3c(c4cc(OC)c(OC)cc4c2cc1OC)CC1(S)CC(c2cc(S(=O)(=O)O)cc(C(=O)O)c2O)CN1C3. The zero-order chi connectivity index (χ0) is 31.7. The Labute approximate surface area is 259 Å². The molecule has 2 aliphatic heterocycles. The molecular weight excluding hydrogens is 610 g/mol. The maximum Gasteiger partial charge on any atom is 0.339 e. The summed E-state index contributed by atoms with van der Waals surface area (Å²) in [5, 5.41) is 24.3. The monoisotopic (exact) mass is 641 g/mol. The van der Waals surface area contributed by atoms with Gasteiger partial charge in [0.1, 0.15) is 11.3 Å². The van der Waals surface area contributed by atoms with Gasteiger partial charge in [-0.05, 0) is 75.5 Å². The maximum absolute atomic E-state index is 12.0. The van der Waals surface area contributed by atoms with Crippen molar-refractivity contribution in [2.75, 3.05) is 35.0 Å². The van der Waals surface area contributed by atoms with Crippen LogP contribution in [-0.2, 0) is 23.1 Å². The predicted octanol–water partition coefficient (Wildman–Crippen LogP) is 4.85. The quantitative estimate of drug-likeness (QED) is 0.125. The smallest absolute Gasteiger partial charge is 0.339 e. The molecule has 1 fully saturated rings. The van der Waals surface area contributed by atoms with Crippen molar-refractivity contribution >= 4 is 50.3 Å². The fourth-order valence-corrected chi connectivity index (χ4v) is 7.84. The molecule has 0 saturated carbocycles. The molecule has 0 aromatic heterocycles. The van der Waals surface area contributed by atoms with E-state index in [1.54, 1.807) is 28.4 Å². The molecule has 44 heavy (non-hydrogen) atoms. The molecule has 2 aliphatic rings. The van der Waals surface area contributed by atoms with Crippen molar-refractivity contribution in [2.45, 2.75) is 35.1 Å². The molecule has 0 spiro atoms. The van der Waals surface area contributed by atoms with Crippen LogP contribution in [0.25, 0.3) is 21.5 Å². The van der Waals surface area contributed by atoms with E-state index in [-0.39, 0.29) is 5.56 Å². The van der Waals surface area contributed by atoms with E-state index in [2.05, 4.69) is 4.90 Å². The van der Waals surface area contributed by atoms with E-state index in [0.29, 0.717) is 48.9 Å². The number of nitrogens with zero attached hydrogens (tertiary/aromatic N) is 1. The number of rotatable bonds is 7. The van der Waals surface area contributed by atoms with E-state index in [0.717, 1.165) is 44.8 Å². The Kier molecular flexibility index (Phi) is 7.27. The zero-order valence-corrected chi connectivity index (χ0v) is 26.1. The molecule has 0 radical (unpaired) electrons. The Bertz CT molecular complexity index is 1980. The predicted molar refractivity (Wildman–Crippen MR) is 166 cm³/mol. The van der Waals surface area contributed by atoms with Crippen LogP contribution < -0.4 is 18.9 Å². The summed E-state index contributed by atoms with van der Waals surface area (Å²) >= 11 is 5.16. The third kappa shape index (κ3) is 4.66. The molecular formula is C31H31NO10S2. The zero-order valence-electron chi connectivity index (χ0n) is 24.4. The lowest BCUT2D eigenvalue weighted by atomic mass is 9.84. The fourth-order valence-electron chi connectivity index (χ4n) is 6.77. The van der Waals surface area contributed by atoms with Gasteiger partial charge in [0.15, 0.2) is 23.0 Å². The van der Waals surface area contributed by atoms with Gasteiger partial charge in [-0.3, -0.25) is 9.45 Å². The number of ether oxygens (including phenoxy) is 4. The highest BCUT2D eigenvalue weighted by Crippen LogP contribution is 2.53. The van der Waals surface area contributed by atoms with Crippen LogP contribution in [0.15, 0.2) is 41.3 Å². The first-order chi connectivity index (χ1) is 20.8. The average molecular weight is 642 g/mol. The van der Waals surface area contributed by atoms with Crippen molar-refractivity contribution in [3.05, 3.63) is 58.7 Å². The van der Waals surface area contributed by atoms with Gasteiger partial charge in [-0.25, -0.2) is 4.79 Å². The summed E-state index contributed by atoms with van der Waals surface area (Å²) < 4.78 is 56.3. The second-order valence-corrected chi connectivity index (χ2v) is 13.3. The Hall–Kier alpha value is -3.91. The van der Waals surface area contributed by atoms with Crippen LogP contribution in [0.3, 0.4) is 0 Å². The van der Waals surface area contributed by atoms with Crippen molar-refractivity contribution in [3.8, 4) is 28.7 Å².